The molecule has 3 N–H and O–H groups in total. The van der Waals surface area contributed by atoms with Gasteiger partial charge in [-0.3, -0.25) is 4.79 Å². The zero-order chi connectivity index (χ0) is 11.4. The summed E-state index contributed by atoms with van der Waals surface area (Å²) in [6.45, 7) is 7.75. The van der Waals surface area contributed by atoms with Crippen molar-refractivity contribution >= 4 is 17.7 Å². The molecule has 0 aromatic carbocycles. The van der Waals surface area contributed by atoms with E-state index in [1.807, 2.05) is 27.7 Å². The molecule has 0 radical (unpaired) electrons. The molecule has 0 spiro atoms. The van der Waals surface area contributed by atoms with Crippen molar-refractivity contribution in [3.8, 4) is 0 Å². The van der Waals surface area contributed by atoms with Crippen LogP contribution in [0.4, 0.5) is 0 Å². The van der Waals surface area contributed by atoms with Crippen molar-refractivity contribution < 1.29 is 9.90 Å². The molecule has 0 heterocycles. The fourth-order valence-corrected chi connectivity index (χ4v) is 1.94. The first-order chi connectivity index (χ1) is 6.27. The Bertz CT molecular complexity index is 232. The molecular formula is C10H19NO2S. The van der Waals surface area contributed by atoms with Crippen molar-refractivity contribution in [2.75, 3.05) is 5.75 Å². The van der Waals surface area contributed by atoms with Gasteiger partial charge in [0.25, 0.3) is 0 Å². The number of carboxylic acids is 1. The van der Waals surface area contributed by atoms with Gasteiger partial charge in [-0.25, -0.2) is 0 Å². The molecule has 0 saturated carbocycles. The van der Waals surface area contributed by atoms with Crippen molar-refractivity contribution in [3.05, 3.63) is 11.6 Å². The van der Waals surface area contributed by atoms with Crippen LogP contribution in [-0.2, 0) is 4.79 Å². The molecule has 0 fully saturated rings. The summed E-state index contributed by atoms with van der Waals surface area (Å²) in [6.07, 6.45) is 2.07. The topological polar surface area (TPSA) is 63.3 Å². The Hall–Kier alpha value is -0.480. The molecule has 3 nitrogen and oxygen atoms in total. The van der Waals surface area contributed by atoms with Crippen molar-refractivity contribution in [1.82, 2.24) is 0 Å². The highest BCUT2D eigenvalue weighted by Gasteiger charge is 2.31. The Morgan fingerprint density at radius 1 is 1.57 bits per heavy atom. The molecule has 1 atom stereocenters. The summed E-state index contributed by atoms with van der Waals surface area (Å²) in [5.41, 5.74) is 6.80. The highest BCUT2D eigenvalue weighted by atomic mass is 32.2. The summed E-state index contributed by atoms with van der Waals surface area (Å²) in [4.78, 5) is 10.7. The smallest absolute Gasteiger partial charge is 0.321 e. The summed E-state index contributed by atoms with van der Waals surface area (Å²) in [6, 6.07) is -0.821. The van der Waals surface area contributed by atoms with Crippen molar-refractivity contribution in [1.29, 1.82) is 0 Å². The Balaban J connectivity index is 4.20. The molecule has 0 unspecified atom stereocenters. The SMILES string of the molecule is CC(C)=CCSC(C)(C)[C@@H](N)C(=O)O. The largest absolute Gasteiger partial charge is 0.480 e. The van der Waals surface area contributed by atoms with Gasteiger partial charge >= 0.3 is 5.97 Å². The van der Waals surface area contributed by atoms with Crippen LogP contribution >= 0.6 is 11.8 Å². The summed E-state index contributed by atoms with van der Waals surface area (Å²) < 4.78 is -0.433. The zero-order valence-corrected chi connectivity index (χ0v) is 10.0. The number of thioether (sulfide) groups is 1. The van der Waals surface area contributed by atoms with E-state index in [0.717, 1.165) is 5.75 Å². The number of aliphatic carboxylic acids is 1. The second-order valence-corrected chi connectivity index (χ2v) is 5.69. The van der Waals surface area contributed by atoms with E-state index >= 15 is 0 Å². The third-order valence-corrected chi connectivity index (χ3v) is 3.29. The molecule has 0 bridgehead atoms. The van der Waals surface area contributed by atoms with Crippen LogP contribution in [0.3, 0.4) is 0 Å². The fourth-order valence-electron chi connectivity index (χ4n) is 0.810. The van der Waals surface area contributed by atoms with Gasteiger partial charge in [0.05, 0.1) is 0 Å². The van der Waals surface area contributed by atoms with Crippen molar-refractivity contribution in [2.45, 2.75) is 38.5 Å². The average Bonchev–Trinajstić information content (AvgIpc) is 2.01. The van der Waals surface area contributed by atoms with Gasteiger partial charge in [0.2, 0.25) is 0 Å². The molecule has 14 heavy (non-hydrogen) atoms. The maximum Gasteiger partial charge on any atom is 0.321 e. The number of hydrogen-bond donors (Lipinski definition) is 2. The molecule has 0 aliphatic carbocycles. The third-order valence-electron chi connectivity index (χ3n) is 1.96. The molecule has 0 aromatic heterocycles. The number of carboxylic acid groups (broad SMARTS) is 1. The van der Waals surface area contributed by atoms with Crippen molar-refractivity contribution in [2.24, 2.45) is 5.73 Å². The Kier molecular flexibility index (Phi) is 5.23. The van der Waals surface area contributed by atoms with Gasteiger partial charge in [-0.1, -0.05) is 11.6 Å². The number of allylic oxidation sites excluding steroid dienone is 1. The normalized spacial score (nSPS) is 13.5. The van der Waals surface area contributed by atoms with Gasteiger partial charge in [0.15, 0.2) is 0 Å². The zero-order valence-electron chi connectivity index (χ0n) is 9.20. The maximum absolute atomic E-state index is 10.7. The lowest BCUT2D eigenvalue weighted by Gasteiger charge is -2.27. The first-order valence-electron chi connectivity index (χ1n) is 4.53. The Morgan fingerprint density at radius 3 is 2.43 bits per heavy atom. The van der Waals surface area contributed by atoms with Gasteiger partial charge < -0.3 is 10.8 Å². The van der Waals surface area contributed by atoms with Crippen LogP contribution in [0.5, 0.6) is 0 Å². The van der Waals surface area contributed by atoms with E-state index in [4.69, 9.17) is 10.8 Å². The summed E-state index contributed by atoms with van der Waals surface area (Å²) in [5, 5.41) is 8.77. The second-order valence-electron chi connectivity index (χ2n) is 4.01. The lowest BCUT2D eigenvalue weighted by Crippen LogP contribution is -2.46. The van der Waals surface area contributed by atoms with E-state index in [0.29, 0.717) is 0 Å². The van der Waals surface area contributed by atoms with Gasteiger partial charge in [-0.05, 0) is 27.7 Å². The Morgan fingerprint density at radius 2 is 2.07 bits per heavy atom. The molecule has 0 aromatic rings. The minimum absolute atomic E-state index is 0.433. The van der Waals surface area contributed by atoms with Gasteiger partial charge in [-0.2, -0.15) is 0 Å². The molecule has 0 amide bonds. The number of rotatable bonds is 5. The van der Waals surface area contributed by atoms with Crippen LogP contribution in [0.2, 0.25) is 0 Å². The third kappa shape index (κ3) is 4.67. The predicted molar refractivity (Wildman–Crippen MR) is 61.6 cm³/mol. The highest BCUT2D eigenvalue weighted by molar-refractivity contribution is 8.00. The van der Waals surface area contributed by atoms with Gasteiger partial charge in [-0.15, -0.1) is 11.8 Å². The summed E-state index contributed by atoms with van der Waals surface area (Å²) in [7, 11) is 0. The van der Waals surface area contributed by atoms with Crippen LogP contribution in [0, 0.1) is 0 Å². The average molecular weight is 217 g/mol. The maximum atomic E-state index is 10.7. The lowest BCUT2D eigenvalue weighted by molar-refractivity contribution is -0.139. The molecule has 4 heteroatoms. The van der Waals surface area contributed by atoms with E-state index in [1.165, 1.54) is 5.57 Å². The number of nitrogens with two attached hydrogens (primary N) is 1. The van der Waals surface area contributed by atoms with Gasteiger partial charge in [0, 0.05) is 10.5 Å². The van der Waals surface area contributed by atoms with Crippen LogP contribution in [0.1, 0.15) is 27.7 Å². The van der Waals surface area contributed by atoms with Crippen LogP contribution in [-0.4, -0.2) is 27.6 Å². The molecule has 0 rings (SSSR count). The van der Waals surface area contributed by atoms with E-state index in [-0.39, 0.29) is 0 Å². The monoisotopic (exact) mass is 217 g/mol. The molecule has 82 valence electrons. The number of carbonyl (C=O) groups is 1. The van der Waals surface area contributed by atoms with E-state index in [9.17, 15) is 4.79 Å². The first-order valence-corrected chi connectivity index (χ1v) is 5.51. The van der Waals surface area contributed by atoms with Crippen LogP contribution in [0.25, 0.3) is 0 Å². The van der Waals surface area contributed by atoms with E-state index in [1.54, 1.807) is 11.8 Å². The van der Waals surface area contributed by atoms with E-state index in [2.05, 4.69) is 6.08 Å². The fraction of sp³-hybridized carbons (Fsp3) is 0.700. The van der Waals surface area contributed by atoms with Crippen molar-refractivity contribution in [3.63, 3.8) is 0 Å². The van der Waals surface area contributed by atoms with Crippen LogP contribution in [0.15, 0.2) is 11.6 Å². The molecular weight excluding hydrogens is 198 g/mol. The van der Waals surface area contributed by atoms with E-state index < -0.39 is 16.8 Å². The minimum Gasteiger partial charge on any atom is -0.480 e. The molecule has 0 aliphatic rings. The standard InChI is InChI=1S/C10H19NO2S/c1-7(2)5-6-14-10(3,4)8(11)9(12)13/h5,8H,6,11H2,1-4H3,(H,12,13)/t8-/m0/s1. The quantitative estimate of drug-likeness (QED) is 0.690. The summed E-state index contributed by atoms with van der Waals surface area (Å²) >= 11 is 1.56. The Labute approximate surface area is 89.8 Å². The van der Waals surface area contributed by atoms with Gasteiger partial charge in [0.1, 0.15) is 6.04 Å². The predicted octanol–water partition coefficient (Wildman–Crippen LogP) is 1.88. The second kappa shape index (κ2) is 5.41. The molecule has 0 saturated heterocycles. The van der Waals surface area contributed by atoms with Crippen LogP contribution < -0.4 is 5.73 Å². The minimum atomic E-state index is -0.945. The number of hydrogen-bond acceptors (Lipinski definition) is 3. The summed E-state index contributed by atoms with van der Waals surface area (Å²) in [5.74, 6) is -0.143. The highest BCUT2D eigenvalue weighted by Crippen LogP contribution is 2.27. The first kappa shape index (κ1) is 13.5. The lowest BCUT2D eigenvalue weighted by atomic mass is 10.1. The molecule has 0 aliphatic heterocycles.